The second-order valence-electron chi connectivity index (χ2n) is 6.33. The zero-order chi connectivity index (χ0) is 18.4. The highest BCUT2D eigenvalue weighted by Gasteiger charge is 2.31. The molecule has 9 heteroatoms. The summed E-state index contributed by atoms with van der Waals surface area (Å²) in [6.45, 7) is 3.78. The van der Waals surface area contributed by atoms with Gasteiger partial charge in [-0.05, 0) is 39.2 Å². The van der Waals surface area contributed by atoms with Crippen molar-refractivity contribution in [2.75, 3.05) is 24.7 Å². The molecule has 26 heavy (non-hydrogen) atoms. The first-order valence-corrected chi connectivity index (χ1v) is 10.6. The van der Waals surface area contributed by atoms with Gasteiger partial charge in [-0.15, -0.1) is 0 Å². The summed E-state index contributed by atoms with van der Waals surface area (Å²) < 4.78 is 6.47. The van der Waals surface area contributed by atoms with Gasteiger partial charge in [0.25, 0.3) is 0 Å². The fourth-order valence-corrected chi connectivity index (χ4v) is 4.75. The molecule has 3 heterocycles. The first-order valence-electron chi connectivity index (χ1n) is 8.43. The molecule has 0 saturated carbocycles. The molecule has 0 radical (unpaired) electrons. The number of halogens is 2. The van der Waals surface area contributed by atoms with E-state index in [0.29, 0.717) is 34.7 Å². The highest BCUT2D eigenvalue weighted by Crippen LogP contribution is 2.43. The van der Waals surface area contributed by atoms with E-state index in [1.165, 1.54) is 0 Å². The predicted octanol–water partition coefficient (Wildman–Crippen LogP) is 3.83. The molecule has 1 atom stereocenters. The lowest BCUT2D eigenvalue weighted by atomic mass is 10.0. The number of benzene rings is 1. The van der Waals surface area contributed by atoms with Crippen LogP contribution in [0.3, 0.4) is 0 Å². The Morgan fingerprint density at radius 2 is 2.15 bits per heavy atom. The second-order valence-corrected chi connectivity index (χ2v) is 8.74. The molecule has 0 aliphatic carbocycles. The number of carbonyl (C=O) groups excluding carboxylic acids is 1. The van der Waals surface area contributed by atoms with E-state index in [9.17, 15) is 4.79 Å². The van der Waals surface area contributed by atoms with E-state index >= 15 is 0 Å². The zero-order valence-electron chi connectivity index (χ0n) is 14.4. The zero-order valence-corrected chi connectivity index (χ0v) is 17.6. The number of nitrogens with zero attached hydrogens (tertiary/aromatic N) is 3. The third kappa shape index (κ3) is 2.96. The van der Waals surface area contributed by atoms with Crippen molar-refractivity contribution in [3.05, 3.63) is 20.6 Å². The van der Waals surface area contributed by atoms with Gasteiger partial charge >= 0.3 is 0 Å². The number of hydrogen-bond acceptors (Lipinski definition) is 6. The lowest BCUT2D eigenvalue weighted by Crippen LogP contribution is -2.31. The number of nitrogens with one attached hydrogen (secondary N) is 1. The van der Waals surface area contributed by atoms with Crippen molar-refractivity contribution in [2.24, 2.45) is 0 Å². The second kappa shape index (κ2) is 7.14. The molecule has 1 saturated heterocycles. The summed E-state index contributed by atoms with van der Waals surface area (Å²) in [5.74, 6) is 1.59. The van der Waals surface area contributed by atoms with Crippen LogP contribution in [-0.2, 0) is 22.7 Å². The lowest BCUT2D eigenvalue weighted by molar-refractivity contribution is -0.127. The summed E-state index contributed by atoms with van der Waals surface area (Å²) in [4.78, 5) is 23.5. The molecule has 0 bridgehead atoms. The Labute approximate surface area is 169 Å². The van der Waals surface area contributed by atoms with Gasteiger partial charge in [-0.2, -0.15) is 0 Å². The molecule has 2 aromatic rings. The maximum atomic E-state index is 12.4. The molecular formula is C17H18BrClN4O2S. The monoisotopic (exact) mass is 456 g/mol. The first kappa shape index (κ1) is 18.3. The SMILES string of the molecule is CCSc1nc(N[C@@H]2CCN(C)C2=O)c2c3c(c(Br)c(Cl)c2n1)COC3. The molecule has 1 N–H and O–H groups in total. The van der Waals surface area contributed by atoms with E-state index < -0.39 is 0 Å². The number of anilines is 1. The lowest BCUT2D eigenvalue weighted by Gasteiger charge is -2.18. The number of aromatic nitrogens is 2. The minimum atomic E-state index is -0.280. The Kier molecular flexibility index (Phi) is 5.02. The number of hydrogen-bond donors (Lipinski definition) is 1. The van der Waals surface area contributed by atoms with Crippen molar-refractivity contribution in [3.8, 4) is 0 Å². The molecule has 1 aromatic heterocycles. The maximum Gasteiger partial charge on any atom is 0.244 e. The Morgan fingerprint density at radius 1 is 1.38 bits per heavy atom. The minimum Gasteiger partial charge on any atom is -0.372 e. The third-order valence-electron chi connectivity index (χ3n) is 4.72. The van der Waals surface area contributed by atoms with Crippen LogP contribution in [-0.4, -0.2) is 46.2 Å². The number of carbonyl (C=O) groups is 1. The molecule has 1 amide bonds. The van der Waals surface area contributed by atoms with Crippen molar-refractivity contribution in [1.29, 1.82) is 0 Å². The molecule has 2 aliphatic rings. The van der Waals surface area contributed by atoms with Crippen LogP contribution in [0.15, 0.2) is 9.63 Å². The van der Waals surface area contributed by atoms with Crippen LogP contribution < -0.4 is 5.32 Å². The van der Waals surface area contributed by atoms with Gasteiger partial charge in [0.15, 0.2) is 5.16 Å². The Bertz CT molecular complexity index is 910. The smallest absolute Gasteiger partial charge is 0.244 e. The quantitative estimate of drug-likeness (QED) is 0.556. The summed E-state index contributed by atoms with van der Waals surface area (Å²) in [7, 11) is 1.82. The van der Waals surface area contributed by atoms with Gasteiger partial charge in [0.05, 0.1) is 29.1 Å². The molecule has 2 aliphatic heterocycles. The van der Waals surface area contributed by atoms with E-state index in [4.69, 9.17) is 21.3 Å². The number of ether oxygens (including phenoxy) is 1. The van der Waals surface area contributed by atoms with E-state index in [1.54, 1.807) is 16.7 Å². The van der Waals surface area contributed by atoms with Gasteiger partial charge in [0, 0.05) is 18.1 Å². The van der Waals surface area contributed by atoms with Crippen molar-refractivity contribution in [2.45, 2.75) is 37.8 Å². The summed E-state index contributed by atoms with van der Waals surface area (Å²) in [6.07, 6.45) is 0.750. The van der Waals surface area contributed by atoms with Crippen LogP contribution in [0.5, 0.6) is 0 Å². The summed E-state index contributed by atoms with van der Waals surface area (Å²) >= 11 is 11.8. The largest absolute Gasteiger partial charge is 0.372 e. The van der Waals surface area contributed by atoms with Crippen LogP contribution in [0.4, 0.5) is 5.82 Å². The summed E-state index contributed by atoms with van der Waals surface area (Å²) in [6, 6.07) is -0.280. The van der Waals surface area contributed by atoms with Crippen LogP contribution in [0.2, 0.25) is 5.02 Å². The Hall–Kier alpha value is -1.09. The van der Waals surface area contributed by atoms with Crippen molar-refractivity contribution in [1.82, 2.24) is 14.9 Å². The van der Waals surface area contributed by atoms with Crippen LogP contribution >= 0.6 is 39.3 Å². The fourth-order valence-electron chi connectivity index (χ4n) is 3.39. The number of amides is 1. The summed E-state index contributed by atoms with van der Waals surface area (Å²) in [5.41, 5.74) is 2.75. The van der Waals surface area contributed by atoms with E-state index in [-0.39, 0.29) is 11.9 Å². The highest BCUT2D eigenvalue weighted by molar-refractivity contribution is 9.10. The van der Waals surface area contributed by atoms with Gasteiger partial charge in [-0.25, -0.2) is 9.97 Å². The standard InChI is InChI=1S/C17H18BrClN4O2S/c1-3-26-17-21-14-11(8-6-25-7-9(8)12(18)13(14)19)15(22-17)20-10-4-5-23(2)16(10)24/h10H,3-7H2,1-2H3,(H,20,21,22)/t10-/m1/s1. The molecule has 1 aromatic carbocycles. The Morgan fingerprint density at radius 3 is 2.85 bits per heavy atom. The third-order valence-corrected chi connectivity index (χ3v) is 6.93. The van der Waals surface area contributed by atoms with E-state index in [1.807, 2.05) is 7.05 Å². The van der Waals surface area contributed by atoms with E-state index in [0.717, 1.165) is 39.7 Å². The average molecular weight is 458 g/mol. The normalized spacial score (nSPS) is 19.5. The molecule has 1 fully saturated rings. The first-order chi connectivity index (χ1) is 12.5. The molecular weight excluding hydrogens is 440 g/mol. The average Bonchev–Trinajstić information content (AvgIpc) is 3.22. The van der Waals surface area contributed by atoms with Gasteiger partial charge < -0.3 is 15.0 Å². The molecule has 0 unspecified atom stereocenters. The number of rotatable bonds is 4. The van der Waals surface area contributed by atoms with Crippen LogP contribution in [0.25, 0.3) is 10.9 Å². The highest BCUT2D eigenvalue weighted by atomic mass is 79.9. The van der Waals surface area contributed by atoms with Gasteiger partial charge in [0.1, 0.15) is 11.9 Å². The number of thioether (sulfide) groups is 1. The van der Waals surface area contributed by atoms with E-state index in [2.05, 4.69) is 33.2 Å². The number of likely N-dealkylation sites (N-methyl/N-ethyl adjacent to an activating group) is 1. The molecule has 0 spiro atoms. The molecule has 138 valence electrons. The predicted molar refractivity (Wildman–Crippen MR) is 107 cm³/mol. The Balaban J connectivity index is 1.91. The number of likely N-dealkylation sites (tertiary alicyclic amines) is 1. The summed E-state index contributed by atoms with van der Waals surface area (Å²) in [5, 5.41) is 5.41. The maximum absolute atomic E-state index is 12.4. The van der Waals surface area contributed by atoms with Crippen LogP contribution in [0.1, 0.15) is 24.5 Å². The van der Waals surface area contributed by atoms with Gasteiger partial charge in [-0.1, -0.05) is 30.3 Å². The van der Waals surface area contributed by atoms with Crippen molar-refractivity contribution >= 4 is 61.9 Å². The van der Waals surface area contributed by atoms with Crippen LogP contribution in [0, 0.1) is 0 Å². The topological polar surface area (TPSA) is 67.4 Å². The minimum absolute atomic E-state index is 0.0811. The van der Waals surface area contributed by atoms with Gasteiger partial charge in [-0.3, -0.25) is 4.79 Å². The van der Waals surface area contributed by atoms with Gasteiger partial charge in [0.2, 0.25) is 5.91 Å². The molecule has 4 rings (SSSR count). The van der Waals surface area contributed by atoms with Crippen molar-refractivity contribution < 1.29 is 9.53 Å². The number of fused-ring (bicyclic) bond motifs is 3. The van der Waals surface area contributed by atoms with Crippen molar-refractivity contribution in [3.63, 3.8) is 0 Å². The molecule has 6 nitrogen and oxygen atoms in total. The fraction of sp³-hybridized carbons (Fsp3) is 0.471.